The first-order chi connectivity index (χ1) is 9.36. The van der Waals surface area contributed by atoms with Crippen molar-refractivity contribution in [2.24, 2.45) is 0 Å². The molecule has 0 saturated heterocycles. The predicted octanol–water partition coefficient (Wildman–Crippen LogP) is 3.24. The van der Waals surface area contributed by atoms with Gasteiger partial charge in [0.15, 0.2) is 0 Å². The number of rotatable bonds is 3. The Morgan fingerprint density at radius 3 is 2.11 bits per heavy atom. The number of aromatic nitrogens is 2. The number of nitrogens with zero attached hydrogens (tertiary/aromatic N) is 1. The summed E-state index contributed by atoms with van der Waals surface area (Å²) in [5.41, 5.74) is 4.37. The Labute approximate surface area is 111 Å². The van der Waals surface area contributed by atoms with Crippen LogP contribution in [0.15, 0.2) is 60.8 Å². The summed E-state index contributed by atoms with van der Waals surface area (Å²) in [6.45, 7) is -0.0674. The van der Waals surface area contributed by atoms with Crippen LogP contribution >= 0.6 is 0 Å². The third kappa shape index (κ3) is 2.41. The molecule has 0 fully saturated rings. The van der Waals surface area contributed by atoms with E-state index in [9.17, 15) is 0 Å². The van der Waals surface area contributed by atoms with Gasteiger partial charge in [-0.1, -0.05) is 54.6 Å². The van der Waals surface area contributed by atoms with Gasteiger partial charge in [0.2, 0.25) is 0 Å². The zero-order chi connectivity index (χ0) is 13.1. The molecule has 3 aromatic rings. The number of imidazole rings is 1. The maximum Gasteiger partial charge on any atom is 0.132 e. The van der Waals surface area contributed by atoms with Gasteiger partial charge in [-0.3, -0.25) is 0 Å². The molecule has 0 amide bonds. The lowest BCUT2D eigenvalue weighted by atomic mass is 10.0. The zero-order valence-electron chi connectivity index (χ0n) is 10.4. The lowest BCUT2D eigenvalue weighted by Gasteiger charge is -2.03. The van der Waals surface area contributed by atoms with Crippen LogP contribution in [-0.2, 0) is 6.61 Å². The molecular weight excluding hydrogens is 236 g/mol. The van der Waals surface area contributed by atoms with Crippen LogP contribution in [0.3, 0.4) is 0 Å². The van der Waals surface area contributed by atoms with Gasteiger partial charge in [0.1, 0.15) is 12.4 Å². The first-order valence-electron chi connectivity index (χ1n) is 6.17. The van der Waals surface area contributed by atoms with Crippen molar-refractivity contribution in [3.63, 3.8) is 0 Å². The molecule has 3 nitrogen and oxygen atoms in total. The highest BCUT2D eigenvalue weighted by Crippen LogP contribution is 2.23. The van der Waals surface area contributed by atoms with Gasteiger partial charge in [0, 0.05) is 0 Å². The average Bonchev–Trinajstić information content (AvgIpc) is 2.97. The molecule has 2 aromatic carbocycles. The molecule has 94 valence electrons. The molecule has 1 aromatic heterocycles. The fourth-order valence-electron chi connectivity index (χ4n) is 2.06. The quantitative estimate of drug-likeness (QED) is 0.749. The van der Waals surface area contributed by atoms with Crippen LogP contribution in [0.1, 0.15) is 5.82 Å². The fourth-order valence-corrected chi connectivity index (χ4v) is 2.06. The summed E-state index contributed by atoms with van der Waals surface area (Å²) in [4.78, 5) is 7.16. The number of hydrogen-bond acceptors (Lipinski definition) is 2. The average molecular weight is 250 g/mol. The standard InChI is InChI=1S/C16H14N2O/c19-11-16-17-10-15(18-16)14-8-6-13(7-9-14)12-4-2-1-3-5-12/h1-10,19H,11H2,(H,17,18). The van der Waals surface area contributed by atoms with Crippen molar-refractivity contribution in [1.82, 2.24) is 9.97 Å². The second-order valence-corrected chi connectivity index (χ2v) is 4.35. The molecular formula is C16H14N2O. The number of H-pyrrole nitrogens is 1. The van der Waals surface area contributed by atoms with E-state index in [1.54, 1.807) is 6.20 Å². The van der Waals surface area contributed by atoms with Crippen LogP contribution in [-0.4, -0.2) is 15.1 Å². The molecule has 0 aliphatic heterocycles. The predicted molar refractivity (Wildman–Crippen MR) is 75.4 cm³/mol. The summed E-state index contributed by atoms with van der Waals surface area (Å²) in [6, 6.07) is 18.5. The van der Waals surface area contributed by atoms with Crippen molar-refractivity contribution in [3.05, 3.63) is 66.6 Å². The van der Waals surface area contributed by atoms with E-state index in [0.717, 1.165) is 11.3 Å². The molecule has 0 unspecified atom stereocenters. The minimum absolute atomic E-state index is 0.0674. The second kappa shape index (κ2) is 5.08. The smallest absolute Gasteiger partial charge is 0.132 e. The number of aliphatic hydroxyl groups excluding tert-OH is 1. The van der Waals surface area contributed by atoms with Gasteiger partial charge in [-0.05, 0) is 16.7 Å². The van der Waals surface area contributed by atoms with E-state index in [1.807, 2.05) is 18.2 Å². The van der Waals surface area contributed by atoms with Crippen molar-refractivity contribution in [3.8, 4) is 22.4 Å². The summed E-state index contributed by atoms with van der Waals surface area (Å²) >= 11 is 0. The number of benzene rings is 2. The largest absolute Gasteiger partial charge is 0.388 e. The first kappa shape index (κ1) is 11.7. The first-order valence-corrected chi connectivity index (χ1v) is 6.17. The van der Waals surface area contributed by atoms with Crippen molar-refractivity contribution in [1.29, 1.82) is 0 Å². The summed E-state index contributed by atoms with van der Waals surface area (Å²) in [5, 5.41) is 9.00. The highest BCUT2D eigenvalue weighted by atomic mass is 16.3. The van der Waals surface area contributed by atoms with E-state index >= 15 is 0 Å². The van der Waals surface area contributed by atoms with Gasteiger partial charge in [-0.15, -0.1) is 0 Å². The Hall–Kier alpha value is -2.39. The molecule has 3 heteroatoms. The third-order valence-electron chi connectivity index (χ3n) is 3.08. The highest BCUT2D eigenvalue weighted by Gasteiger charge is 2.03. The van der Waals surface area contributed by atoms with Gasteiger partial charge in [0.05, 0.1) is 11.9 Å². The lowest BCUT2D eigenvalue weighted by molar-refractivity contribution is 0.272. The van der Waals surface area contributed by atoms with Crippen LogP contribution < -0.4 is 0 Å². The van der Waals surface area contributed by atoms with E-state index in [4.69, 9.17) is 5.11 Å². The number of aromatic amines is 1. The van der Waals surface area contributed by atoms with Gasteiger partial charge >= 0.3 is 0 Å². The minimum Gasteiger partial charge on any atom is -0.388 e. The molecule has 0 aliphatic rings. The highest BCUT2D eigenvalue weighted by molar-refractivity contribution is 5.68. The van der Waals surface area contributed by atoms with E-state index in [0.29, 0.717) is 5.82 Å². The lowest BCUT2D eigenvalue weighted by Crippen LogP contribution is -1.85. The topological polar surface area (TPSA) is 48.9 Å². The summed E-state index contributed by atoms with van der Waals surface area (Å²) < 4.78 is 0. The minimum atomic E-state index is -0.0674. The number of aliphatic hydroxyl groups is 1. The van der Waals surface area contributed by atoms with Crippen molar-refractivity contribution < 1.29 is 5.11 Å². The fraction of sp³-hybridized carbons (Fsp3) is 0.0625. The van der Waals surface area contributed by atoms with Crippen LogP contribution in [0.4, 0.5) is 0 Å². The molecule has 0 radical (unpaired) electrons. The summed E-state index contributed by atoms with van der Waals surface area (Å²) in [7, 11) is 0. The van der Waals surface area contributed by atoms with Crippen LogP contribution in [0, 0.1) is 0 Å². The van der Waals surface area contributed by atoms with E-state index in [2.05, 4.69) is 46.4 Å². The second-order valence-electron chi connectivity index (χ2n) is 4.35. The Bertz CT molecular complexity index is 657. The van der Waals surface area contributed by atoms with Gasteiger partial charge in [-0.25, -0.2) is 4.98 Å². The van der Waals surface area contributed by atoms with E-state index in [1.165, 1.54) is 11.1 Å². The monoisotopic (exact) mass is 250 g/mol. The van der Waals surface area contributed by atoms with Crippen LogP contribution in [0.5, 0.6) is 0 Å². The molecule has 3 rings (SSSR count). The van der Waals surface area contributed by atoms with Crippen molar-refractivity contribution >= 4 is 0 Å². The normalized spacial score (nSPS) is 10.6. The molecule has 0 bridgehead atoms. The zero-order valence-corrected chi connectivity index (χ0v) is 10.4. The van der Waals surface area contributed by atoms with Gasteiger partial charge in [-0.2, -0.15) is 0 Å². The molecule has 0 aliphatic carbocycles. The molecule has 0 saturated carbocycles. The van der Waals surface area contributed by atoms with Crippen molar-refractivity contribution in [2.45, 2.75) is 6.61 Å². The van der Waals surface area contributed by atoms with E-state index < -0.39 is 0 Å². The van der Waals surface area contributed by atoms with Crippen LogP contribution in [0.25, 0.3) is 22.4 Å². The number of hydrogen-bond donors (Lipinski definition) is 2. The Morgan fingerprint density at radius 1 is 0.842 bits per heavy atom. The van der Waals surface area contributed by atoms with Crippen molar-refractivity contribution in [2.75, 3.05) is 0 Å². The van der Waals surface area contributed by atoms with Crippen LogP contribution in [0.2, 0.25) is 0 Å². The Morgan fingerprint density at radius 2 is 1.47 bits per heavy atom. The molecule has 1 heterocycles. The molecule has 0 spiro atoms. The third-order valence-corrected chi connectivity index (χ3v) is 3.08. The molecule has 2 N–H and O–H groups in total. The summed E-state index contributed by atoms with van der Waals surface area (Å²) in [6.07, 6.45) is 1.74. The van der Waals surface area contributed by atoms with E-state index in [-0.39, 0.29) is 6.61 Å². The Balaban J connectivity index is 1.90. The van der Waals surface area contributed by atoms with Gasteiger partial charge in [0.25, 0.3) is 0 Å². The number of nitrogens with one attached hydrogen (secondary N) is 1. The van der Waals surface area contributed by atoms with Gasteiger partial charge < -0.3 is 10.1 Å². The summed E-state index contributed by atoms with van der Waals surface area (Å²) in [5.74, 6) is 0.585. The maximum atomic E-state index is 9.00. The Kier molecular flexibility index (Phi) is 3.12. The SMILES string of the molecule is OCc1ncc(-c2ccc(-c3ccccc3)cc2)[nH]1. The molecule has 0 atom stereocenters. The maximum absolute atomic E-state index is 9.00. The molecule has 19 heavy (non-hydrogen) atoms.